The van der Waals surface area contributed by atoms with Gasteiger partial charge < -0.3 is 4.74 Å². The molecule has 4 nitrogen and oxygen atoms in total. The number of rotatable bonds is 4. The van der Waals surface area contributed by atoms with Gasteiger partial charge in [0.1, 0.15) is 6.61 Å². The number of nitrogens with zero attached hydrogens (tertiary/aromatic N) is 2. The predicted octanol–water partition coefficient (Wildman–Crippen LogP) is 4.71. The molecule has 140 valence electrons. The van der Waals surface area contributed by atoms with Crippen LogP contribution in [0.5, 0.6) is 0 Å². The Labute approximate surface area is 160 Å². The summed E-state index contributed by atoms with van der Waals surface area (Å²) in [5.74, 6) is 2.30. The van der Waals surface area contributed by atoms with E-state index in [0.29, 0.717) is 6.61 Å². The highest BCUT2D eigenvalue weighted by atomic mass is 16.5. The van der Waals surface area contributed by atoms with Crippen molar-refractivity contribution < 1.29 is 9.53 Å². The fraction of sp³-hybridized carbons (Fsp3) is 0.522. The first-order valence-corrected chi connectivity index (χ1v) is 10.1. The van der Waals surface area contributed by atoms with Crippen LogP contribution in [0.4, 0.5) is 0 Å². The van der Waals surface area contributed by atoms with E-state index in [-0.39, 0.29) is 11.4 Å². The molecule has 0 amide bonds. The van der Waals surface area contributed by atoms with Gasteiger partial charge in [-0.15, -0.1) is 0 Å². The number of hydrogen-bond acceptors (Lipinski definition) is 4. The summed E-state index contributed by atoms with van der Waals surface area (Å²) in [5.41, 5.74) is 3.61. The normalized spacial score (nSPS) is 31.1. The molecule has 0 saturated heterocycles. The van der Waals surface area contributed by atoms with Crippen molar-refractivity contribution in [3.8, 4) is 11.4 Å². The van der Waals surface area contributed by atoms with E-state index >= 15 is 0 Å². The molecule has 0 spiro atoms. The third kappa shape index (κ3) is 3.15. The largest absolute Gasteiger partial charge is 0.460 e. The Morgan fingerprint density at radius 1 is 1.00 bits per heavy atom. The summed E-state index contributed by atoms with van der Waals surface area (Å²) >= 11 is 0. The van der Waals surface area contributed by atoms with Crippen molar-refractivity contribution in [3.05, 3.63) is 47.8 Å². The lowest BCUT2D eigenvalue weighted by atomic mass is 9.49. The number of ether oxygens (including phenoxy) is 1. The smallest absolute Gasteiger partial charge is 0.312 e. The van der Waals surface area contributed by atoms with Crippen molar-refractivity contribution in [1.82, 2.24) is 9.97 Å². The Bertz CT molecular complexity index is 841. The van der Waals surface area contributed by atoms with Crippen LogP contribution in [0.2, 0.25) is 0 Å². The van der Waals surface area contributed by atoms with Gasteiger partial charge in [-0.2, -0.15) is 0 Å². The number of aryl methyl sites for hydroxylation is 1. The zero-order chi connectivity index (χ0) is 18.4. The molecule has 2 heterocycles. The van der Waals surface area contributed by atoms with Crippen molar-refractivity contribution in [3.63, 3.8) is 0 Å². The lowest BCUT2D eigenvalue weighted by Gasteiger charge is -2.55. The van der Waals surface area contributed by atoms with E-state index in [2.05, 4.69) is 9.97 Å². The lowest BCUT2D eigenvalue weighted by Crippen LogP contribution is -2.50. The van der Waals surface area contributed by atoms with Gasteiger partial charge in [0.15, 0.2) is 0 Å². The molecule has 2 aromatic rings. The monoisotopic (exact) mass is 362 g/mol. The van der Waals surface area contributed by atoms with Gasteiger partial charge in [-0.25, -0.2) is 0 Å². The molecule has 2 aromatic heterocycles. The van der Waals surface area contributed by atoms with Crippen molar-refractivity contribution >= 4 is 5.97 Å². The fourth-order valence-corrected chi connectivity index (χ4v) is 6.04. The molecule has 6 rings (SSSR count). The third-order valence-electron chi connectivity index (χ3n) is 6.84. The molecule has 4 fully saturated rings. The van der Waals surface area contributed by atoms with E-state index in [1.54, 1.807) is 12.4 Å². The number of esters is 1. The van der Waals surface area contributed by atoms with E-state index in [0.717, 1.165) is 59.5 Å². The molecule has 0 aliphatic heterocycles. The van der Waals surface area contributed by atoms with E-state index in [1.165, 1.54) is 19.3 Å². The minimum Gasteiger partial charge on any atom is -0.460 e. The summed E-state index contributed by atoms with van der Waals surface area (Å²) in [6, 6.07) is 7.90. The SMILES string of the molecule is Cc1ccnc(-c2cc(COC(=O)C34CC5CC(CC(C5)C3)C4)ccn2)c1. The van der Waals surface area contributed by atoms with E-state index < -0.39 is 0 Å². The number of carbonyl (C=O) groups excluding carboxylic acids is 1. The summed E-state index contributed by atoms with van der Waals surface area (Å²) in [6.07, 6.45) is 10.7. The van der Waals surface area contributed by atoms with E-state index in [4.69, 9.17) is 4.74 Å². The van der Waals surface area contributed by atoms with Crippen molar-refractivity contribution in [1.29, 1.82) is 0 Å². The summed E-state index contributed by atoms with van der Waals surface area (Å²) in [6.45, 7) is 2.37. The van der Waals surface area contributed by atoms with Crippen LogP contribution in [0.25, 0.3) is 11.4 Å². The van der Waals surface area contributed by atoms with Gasteiger partial charge in [-0.3, -0.25) is 14.8 Å². The summed E-state index contributed by atoms with van der Waals surface area (Å²) in [5, 5.41) is 0. The Morgan fingerprint density at radius 3 is 2.22 bits per heavy atom. The van der Waals surface area contributed by atoms with Gasteiger partial charge in [-0.1, -0.05) is 0 Å². The molecular formula is C23H26N2O2. The fourth-order valence-electron chi connectivity index (χ4n) is 6.04. The van der Waals surface area contributed by atoms with Crippen molar-refractivity contribution in [2.75, 3.05) is 0 Å². The highest BCUT2D eigenvalue weighted by Crippen LogP contribution is 2.60. The number of pyridine rings is 2. The Morgan fingerprint density at radius 2 is 1.59 bits per heavy atom. The molecule has 27 heavy (non-hydrogen) atoms. The van der Waals surface area contributed by atoms with Crippen LogP contribution in [0, 0.1) is 30.1 Å². The van der Waals surface area contributed by atoms with Crippen LogP contribution in [0.3, 0.4) is 0 Å². The van der Waals surface area contributed by atoms with Crippen LogP contribution >= 0.6 is 0 Å². The molecule has 4 saturated carbocycles. The van der Waals surface area contributed by atoms with Crippen molar-refractivity contribution in [2.45, 2.75) is 52.1 Å². The Balaban J connectivity index is 1.29. The average Bonchev–Trinajstić information content (AvgIpc) is 2.65. The molecule has 0 radical (unpaired) electrons. The number of hydrogen-bond donors (Lipinski definition) is 0. The zero-order valence-electron chi connectivity index (χ0n) is 15.9. The lowest BCUT2D eigenvalue weighted by molar-refractivity contribution is -0.172. The van der Waals surface area contributed by atoms with Crippen LogP contribution < -0.4 is 0 Å². The van der Waals surface area contributed by atoms with Crippen LogP contribution in [0.15, 0.2) is 36.7 Å². The average molecular weight is 362 g/mol. The summed E-state index contributed by atoms with van der Waals surface area (Å²) in [7, 11) is 0. The topological polar surface area (TPSA) is 52.1 Å². The van der Waals surface area contributed by atoms with Crippen LogP contribution in [-0.4, -0.2) is 15.9 Å². The molecular weight excluding hydrogens is 336 g/mol. The van der Waals surface area contributed by atoms with E-state index in [9.17, 15) is 4.79 Å². The first kappa shape index (κ1) is 16.9. The van der Waals surface area contributed by atoms with Crippen LogP contribution in [-0.2, 0) is 16.1 Å². The van der Waals surface area contributed by atoms with Crippen molar-refractivity contribution in [2.24, 2.45) is 23.2 Å². The number of aromatic nitrogens is 2. The minimum atomic E-state index is -0.192. The molecule has 4 heteroatoms. The van der Waals surface area contributed by atoms with E-state index in [1.807, 2.05) is 31.2 Å². The van der Waals surface area contributed by atoms with Gasteiger partial charge in [0.25, 0.3) is 0 Å². The Hall–Kier alpha value is -2.23. The highest BCUT2D eigenvalue weighted by Gasteiger charge is 2.55. The summed E-state index contributed by atoms with van der Waals surface area (Å²) < 4.78 is 5.84. The second kappa shape index (κ2) is 6.43. The molecule has 0 N–H and O–H groups in total. The molecule has 0 aromatic carbocycles. The maximum Gasteiger partial charge on any atom is 0.312 e. The molecule has 4 bridgehead atoms. The van der Waals surface area contributed by atoms with Gasteiger partial charge in [0.05, 0.1) is 16.8 Å². The maximum absolute atomic E-state index is 13.0. The summed E-state index contributed by atoms with van der Waals surface area (Å²) in [4.78, 5) is 21.9. The second-order valence-electron chi connectivity index (χ2n) is 9.04. The quantitative estimate of drug-likeness (QED) is 0.739. The predicted molar refractivity (Wildman–Crippen MR) is 103 cm³/mol. The highest BCUT2D eigenvalue weighted by molar-refractivity contribution is 5.77. The standard InChI is InChI=1S/C23H26N2O2/c1-15-2-4-24-20(6-15)21-10-16(3-5-25-21)14-27-22(26)23-11-17-7-18(12-23)9-19(8-17)13-23/h2-6,10,17-19H,7-9,11-14H2,1H3. The van der Waals surface area contributed by atoms with Gasteiger partial charge >= 0.3 is 5.97 Å². The van der Waals surface area contributed by atoms with Gasteiger partial charge in [0, 0.05) is 12.4 Å². The Kier molecular flexibility index (Phi) is 4.03. The van der Waals surface area contributed by atoms with Crippen LogP contribution in [0.1, 0.15) is 49.7 Å². The zero-order valence-corrected chi connectivity index (χ0v) is 15.9. The van der Waals surface area contributed by atoms with Gasteiger partial charge in [0.2, 0.25) is 0 Å². The first-order valence-electron chi connectivity index (χ1n) is 10.1. The molecule has 0 unspecified atom stereocenters. The van der Waals surface area contributed by atoms with Gasteiger partial charge in [-0.05, 0) is 98.6 Å². The second-order valence-corrected chi connectivity index (χ2v) is 9.04. The molecule has 4 aliphatic rings. The molecule has 0 atom stereocenters. The minimum absolute atomic E-state index is 0.0358. The first-order chi connectivity index (χ1) is 13.1. The maximum atomic E-state index is 13.0. The molecule has 4 aliphatic carbocycles. The third-order valence-corrected chi connectivity index (χ3v) is 6.84. The number of carbonyl (C=O) groups is 1.